The Hall–Kier alpha value is -3.03. The maximum atomic E-state index is 14.2. The zero-order chi connectivity index (χ0) is 22.1. The van der Waals surface area contributed by atoms with Crippen molar-refractivity contribution in [3.63, 3.8) is 0 Å². The number of aromatic nitrogens is 4. The van der Waals surface area contributed by atoms with Crippen molar-refractivity contribution >= 4 is 5.91 Å². The zero-order valence-corrected chi connectivity index (χ0v) is 18.3. The summed E-state index contributed by atoms with van der Waals surface area (Å²) in [5.41, 5.74) is 1.70. The molecule has 0 N–H and O–H groups in total. The molecule has 0 radical (unpaired) electrons. The van der Waals surface area contributed by atoms with E-state index in [2.05, 4.69) is 15.4 Å². The summed E-state index contributed by atoms with van der Waals surface area (Å²) < 4.78 is 21.3. The minimum atomic E-state index is -0.348. The van der Waals surface area contributed by atoms with E-state index < -0.39 is 0 Å². The van der Waals surface area contributed by atoms with Crippen molar-refractivity contribution in [2.75, 3.05) is 13.1 Å². The number of aryl methyl sites for hydroxylation is 2. The fourth-order valence-corrected chi connectivity index (χ4v) is 5.59. The highest BCUT2D eigenvalue weighted by Gasteiger charge is 2.50. The molecule has 2 aliphatic rings. The van der Waals surface area contributed by atoms with Gasteiger partial charge in [0.05, 0.1) is 0 Å². The van der Waals surface area contributed by atoms with Gasteiger partial charge in [0.1, 0.15) is 29.9 Å². The molecule has 3 heterocycles. The number of halogens is 1. The molecule has 1 amide bonds. The van der Waals surface area contributed by atoms with Crippen LogP contribution in [0.15, 0.2) is 41.4 Å². The molecule has 0 bridgehead atoms. The monoisotopic (exact) mass is 437 g/mol. The lowest BCUT2D eigenvalue weighted by Gasteiger charge is -2.37. The number of carbonyl (C=O) groups is 1. The maximum Gasteiger partial charge on any atom is 0.222 e. The Morgan fingerprint density at radius 1 is 1.25 bits per heavy atom. The molecular formula is C24H28FN5O2. The highest BCUT2D eigenvalue weighted by atomic mass is 19.1. The average molecular weight is 438 g/mol. The molecule has 2 fully saturated rings. The second-order valence-electron chi connectivity index (χ2n) is 9.22. The van der Waals surface area contributed by atoms with E-state index in [0.29, 0.717) is 30.6 Å². The molecule has 32 heavy (non-hydrogen) atoms. The molecule has 1 spiro atoms. The standard InChI is InChI=1S/C24H28FN5O2/c1-29-16-26-27-23(29)19-13-30(15-24(19)11-5-2-6-12-24)21(31)10-9-17-14-32-28-22(17)18-7-3-4-8-20(18)25/h3-4,7-8,14,16,19H,2,5-6,9-13,15H2,1H3. The van der Waals surface area contributed by atoms with Crippen LogP contribution in [-0.2, 0) is 18.3 Å². The Balaban J connectivity index is 1.31. The van der Waals surface area contributed by atoms with E-state index in [1.165, 1.54) is 31.6 Å². The van der Waals surface area contributed by atoms with E-state index in [0.717, 1.165) is 30.8 Å². The molecule has 3 aromatic rings. The van der Waals surface area contributed by atoms with Crippen LogP contribution in [0, 0.1) is 11.2 Å². The number of hydrogen-bond donors (Lipinski definition) is 0. The lowest BCUT2D eigenvalue weighted by Crippen LogP contribution is -2.34. The number of nitrogens with zero attached hydrogens (tertiary/aromatic N) is 5. The average Bonchev–Trinajstić information content (AvgIpc) is 3.52. The van der Waals surface area contributed by atoms with E-state index in [-0.39, 0.29) is 23.1 Å². The van der Waals surface area contributed by atoms with Crippen LogP contribution in [0.5, 0.6) is 0 Å². The number of carbonyl (C=O) groups excluding carboxylic acids is 1. The summed E-state index contributed by atoms with van der Waals surface area (Å²) in [6.07, 6.45) is 9.96. The summed E-state index contributed by atoms with van der Waals surface area (Å²) in [5.74, 6) is 0.950. The number of amides is 1. The summed E-state index contributed by atoms with van der Waals surface area (Å²) in [4.78, 5) is 15.2. The minimum Gasteiger partial charge on any atom is -0.364 e. The topological polar surface area (TPSA) is 77.0 Å². The first kappa shape index (κ1) is 20.8. The fourth-order valence-electron chi connectivity index (χ4n) is 5.59. The van der Waals surface area contributed by atoms with Crippen molar-refractivity contribution in [2.24, 2.45) is 12.5 Å². The van der Waals surface area contributed by atoms with Crippen LogP contribution in [0.2, 0.25) is 0 Å². The molecule has 168 valence electrons. The third-order valence-electron chi connectivity index (χ3n) is 7.29. The highest BCUT2D eigenvalue weighted by molar-refractivity contribution is 5.77. The van der Waals surface area contributed by atoms with Crippen LogP contribution in [0.1, 0.15) is 55.8 Å². The maximum absolute atomic E-state index is 14.2. The van der Waals surface area contributed by atoms with Crippen molar-refractivity contribution < 1.29 is 13.7 Å². The molecule has 7 nitrogen and oxygen atoms in total. The van der Waals surface area contributed by atoms with E-state index in [1.807, 2.05) is 16.5 Å². The van der Waals surface area contributed by atoms with Gasteiger partial charge >= 0.3 is 0 Å². The Bertz CT molecular complexity index is 1100. The van der Waals surface area contributed by atoms with E-state index in [1.54, 1.807) is 24.5 Å². The van der Waals surface area contributed by atoms with Crippen molar-refractivity contribution in [2.45, 2.75) is 50.9 Å². The largest absolute Gasteiger partial charge is 0.364 e. The first-order valence-corrected chi connectivity index (χ1v) is 11.4. The number of rotatable bonds is 5. The molecular weight excluding hydrogens is 409 g/mol. The van der Waals surface area contributed by atoms with Crippen molar-refractivity contribution in [3.8, 4) is 11.3 Å². The van der Waals surface area contributed by atoms with Gasteiger partial charge in [-0.3, -0.25) is 4.79 Å². The summed E-state index contributed by atoms with van der Waals surface area (Å²) in [6.45, 7) is 1.45. The van der Waals surface area contributed by atoms with E-state index in [4.69, 9.17) is 4.52 Å². The van der Waals surface area contributed by atoms with Crippen LogP contribution < -0.4 is 0 Å². The van der Waals surface area contributed by atoms with Crippen molar-refractivity contribution in [3.05, 3.63) is 54.1 Å². The SMILES string of the molecule is Cn1cnnc1C1CN(C(=O)CCc2conc2-c2ccccc2F)CC12CCCCC2. The molecule has 1 aliphatic carbocycles. The normalized spacial score (nSPS) is 20.2. The van der Waals surface area contributed by atoms with Crippen molar-refractivity contribution in [1.29, 1.82) is 0 Å². The smallest absolute Gasteiger partial charge is 0.222 e. The van der Waals surface area contributed by atoms with Gasteiger partial charge in [0.2, 0.25) is 5.91 Å². The fraction of sp³-hybridized carbons (Fsp3) is 0.500. The van der Waals surface area contributed by atoms with Crippen LogP contribution >= 0.6 is 0 Å². The van der Waals surface area contributed by atoms with Gasteiger partial charge in [0.15, 0.2) is 0 Å². The Kier molecular flexibility index (Phi) is 5.53. The Morgan fingerprint density at radius 2 is 2.06 bits per heavy atom. The number of benzene rings is 1. The predicted molar refractivity (Wildman–Crippen MR) is 116 cm³/mol. The highest BCUT2D eigenvalue weighted by Crippen LogP contribution is 2.51. The Labute approximate surface area is 186 Å². The van der Waals surface area contributed by atoms with Gasteiger partial charge in [-0.05, 0) is 36.8 Å². The molecule has 1 saturated carbocycles. The molecule has 2 aromatic heterocycles. The lowest BCUT2D eigenvalue weighted by molar-refractivity contribution is -0.130. The van der Waals surface area contributed by atoms with Crippen LogP contribution in [0.25, 0.3) is 11.3 Å². The van der Waals surface area contributed by atoms with E-state index >= 15 is 0 Å². The molecule has 1 aromatic carbocycles. The number of hydrogen-bond acceptors (Lipinski definition) is 5. The second kappa shape index (κ2) is 8.48. The van der Waals surface area contributed by atoms with E-state index in [9.17, 15) is 9.18 Å². The summed E-state index contributed by atoms with van der Waals surface area (Å²) >= 11 is 0. The molecule has 5 rings (SSSR count). The summed E-state index contributed by atoms with van der Waals surface area (Å²) in [5, 5.41) is 12.5. The quantitative estimate of drug-likeness (QED) is 0.600. The molecule has 1 saturated heterocycles. The molecule has 1 unspecified atom stereocenters. The minimum absolute atomic E-state index is 0.0875. The van der Waals surface area contributed by atoms with Gasteiger partial charge in [0.25, 0.3) is 0 Å². The van der Waals surface area contributed by atoms with Gasteiger partial charge in [-0.15, -0.1) is 10.2 Å². The first-order valence-electron chi connectivity index (χ1n) is 11.4. The van der Waals surface area contributed by atoms with Gasteiger partial charge in [0, 0.05) is 43.6 Å². The Morgan fingerprint density at radius 3 is 2.81 bits per heavy atom. The molecule has 1 atom stereocenters. The third-order valence-corrected chi connectivity index (χ3v) is 7.29. The van der Waals surface area contributed by atoms with Crippen LogP contribution in [0.4, 0.5) is 4.39 Å². The van der Waals surface area contributed by atoms with Gasteiger partial charge in [-0.2, -0.15) is 0 Å². The second-order valence-corrected chi connectivity index (χ2v) is 9.22. The summed E-state index contributed by atoms with van der Waals surface area (Å²) in [7, 11) is 1.98. The first-order chi connectivity index (χ1) is 15.6. The number of likely N-dealkylation sites (tertiary alicyclic amines) is 1. The molecule has 8 heteroatoms. The van der Waals surface area contributed by atoms with Gasteiger partial charge in [-0.25, -0.2) is 4.39 Å². The zero-order valence-electron chi connectivity index (χ0n) is 18.3. The third kappa shape index (κ3) is 3.72. The van der Waals surface area contributed by atoms with Crippen molar-refractivity contribution in [1.82, 2.24) is 24.8 Å². The van der Waals surface area contributed by atoms with Gasteiger partial charge < -0.3 is 14.0 Å². The lowest BCUT2D eigenvalue weighted by atomic mass is 9.67. The molecule has 1 aliphatic heterocycles. The predicted octanol–water partition coefficient (Wildman–Crippen LogP) is 4.12. The summed E-state index contributed by atoms with van der Waals surface area (Å²) in [6, 6.07) is 6.49. The van der Waals surface area contributed by atoms with Crippen LogP contribution in [0.3, 0.4) is 0 Å². The van der Waals surface area contributed by atoms with Crippen LogP contribution in [-0.4, -0.2) is 43.8 Å². The van der Waals surface area contributed by atoms with Gasteiger partial charge in [-0.1, -0.05) is 36.6 Å².